The third kappa shape index (κ3) is 5.95. The van der Waals surface area contributed by atoms with Gasteiger partial charge in [0.15, 0.2) is 0 Å². The van der Waals surface area contributed by atoms with Gasteiger partial charge >= 0.3 is 0 Å². The summed E-state index contributed by atoms with van der Waals surface area (Å²) in [5.74, 6) is -0.749. The molecular formula is C22H21ClN2O4S. The lowest BCUT2D eigenvalue weighted by Crippen LogP contribution is -2.41. The molecule has 156 valence electrons. The number of rotatable bonds is 8. The van der Waals surface area contributed by atoms with Crippen molar-refractivity contribution in [2.75, 3.05) is 13.2 Å². The molecule has 3 amide bonds. The zero-order chi connectivity index (χ0) is 21.5. The topological polar surface area (TPSA) is 86.7 Å². The second-order valence-electron chi connectivity index (χ2n) is 6.77. The molecule has 3 rings (SSSR count). The van der Waals surface area contributed by atoms with Crippen molar-refractivity contribution in [2.45, 2.75) is 18.9 Å². The van der Waals surface area contributed by atoms with Gasteiger partial charge in [-0.15, -0.1) is 0 Å². The Hall–Kier alpha value is -2.61. The van der Waals surface area contributed by atoms with Gasteiger partial charge in [-0.2, -0.15) is 0 Å². The van der Waals surface area contributed by atoms with E-state index in [1.165, 1.54) is 0 Å². The van der Waals surface area contributed by atoms with Crippen molar-refractivity contribution in [1.82, 2.24) is 10.2 Å². The first-order chi connectivity index (χ1) is 14.5. The molecule has 1 atom stereocenters. The molecule has 0 radical (unpaired) electrons. The Labute approximate surface area is 183 Å². The van der Waals surface area contributed by atoms with E-state index in [0.717, 1.165) is 27.8 Å². The van der Waals surface area contributed by atoms with Gasteiger partial charge in [-0.1, -0.05) is 54.1 Å². The molecule has 0 aromatic heterocycles. The standard InChI is InChI=1S/C22H21ClN2O4S/c23-17-8-6-16(7-9-17)13-19-21(28)25(22(29)30-19)11-10-20(27)24-18(14-26)12-15-4-2-1-3-5-15/h1-9,13,18,26H,10-12,14H2,(H,24,27)/b19-13-. The van der Waals surface area contributed by atoms with Crippen molar-refractivity contribution < 1.29 is 19.5 Å². The number of nitrogens with one attached hydrogen (secondary N) is 1. The fourth-order valence-corrected chi connectivity index (χ4v) is 3.97. The van der Waals surface area contributed by atoms with Crippen molar-refractivity contribution in [1.29, 1.82) is 0 Å². The Balaban J connectivity index is 1.54. The molecule has 1 unspecified atom stereocenters. The van der Waals surface area contributed by atoms with Gasteiger partial charge in [0.25, 0.3) is 11.1 Å². The van der Waals surface area contributed by atoms with E-state index >= 15 is 0 Å². The number of nitrogens with zero attached hydrogens (tertiary/aromatic N) is 1. The number of hydrogen-bond donors (Lipinski definition) is 2. The third-order valence-corrected chi connectivity index (χ3v) is 5.67. The van der Waals surface area contributed by atoms with Gasteiger partial charge in [0.1, 0.15) is 0 Å². The minimum Gasteiger partial charge on any atom is -0.394 e. The van der Waals surface area contributed by atoms with Crippen LogP contribution in [0.3, 0.4) is 0 Å². The van der Waals surface area contributed by atoms with Crippen LogP contribution < -0.4 is 5.32 Å². The number of imide groups is 1. The van der Waals surface area contributed by atoms with Crippen LogP contribution in [0.5, 0.6) is 0 Å². The molecule has 1 heterocycles. The van der Waals surface area contributed by atoms with E-state index < -0.39 is 17.2 Å². The van der Waals surface area contributed by atoms with Crippen LogP contribution in [0, 0.1) is 0 Å². The summed E-state index contributed by atoms with van der Waals surface area (Å²) in [6, 6.07) is 16.0. The summed E-state index contributed by atoms with van der Waals surface area (Å²) in [7, 11) is 0. The van der Waals surface area contributed by atoms with Gasteiger partial charge in [0.05, 0.1) is 17.6 Å². The molecule has 1 fully saturated rings. The van der Waals surface area contributed by atoms with Gasteiger partial charge in [-0.05, 0) is 47.5 Å². The van der Waals surface area contributed by atoms with Crippen LogP contribution in [0.2, 0.25) is 5.02 Å². The zero-order valence-electron chi connectivity index (χ0n) is 16.1. The third-order valence-electron chi connectivity index (χ3n) is 4.51. The highest BCUT2D eigenvalue weighted by Crippen LogP contribution is 2.32. The van der Waals surface area contributed by atoms with Crippen molar-refractivity contribution >= 4 is 46.5 Å². The molecule has 2 N–H and O–H groups in total. The highest BCUT2D eigenvalue weighted by atomic mass is 35.5. The molecule has 0 bridgehead atoms. The first-order valence-corrected chi connectivity index (χ1v) is 10.6. The van der Waals surface area contributed by atoms with Crippen molar-refractivity contribution in [2.24, 2.45) is 0 Å². The number of amides is 3. The molecular weight excluding hydrogens is 424 g/mol. The molecule has 30 heavy (non-hydrogen) atoms. The Morgan fingerprint density at radius 1 is 1.13 bits per heavy atom. The van der Waals surface area contributed by atoms with E-state index in [-0.39, 0.29) is 25.5 Å². The summed E-state index contributed by atoms with van der Waals surface area (Å²) in [6.45, 7) is -0.218. The van der Waals surface area contributed by atoms with Crippen molar-refractivity contribution in [3.8, 4) is 0 Å². The monoisotopic (exact) mass is 444 g/mol. The number of aliphatic hydroxyl groups excluding tert-OH is 1. The molecule has 2 aromatic rings. The normalized spacial score (nSPS) is 16.2. The molecule has 8 heteroatoms. The summed E-state index contributed by atoms with van der Waals surface area (Å²) < 4.78 is 0. The van der Waals surface area contributed by atoms with E-state index in [4.69, 9.17) is 11.6 Å². The molecule has 6 nitrogen and oxygen atoms in total. The van der Waals surface area contributed by atoms with Gasteiger partial charge < -0.3 is 10.4 Å². The van der Waals surface area contributed by atoms with E-state index in [1.807, 2.05) is 30.3 Å². The maximum absolute atomic E-state index is 12.5. The van der Waals surface area contributed by atoms with Crippen LogP contribution in [0.1, 0.15) is 17.5 Å². The SMILES string of the molecule is O=C(CCN1C(=O)S/C(=C\c2ccc(Cl)cc2)C1=O)NC(CO)Cc1ccccc1. The Kier molecular flexibility index (Phi) is 7.68. The second kappa shape index (κ2) is 10.4. The summed E-state index contributed by atoms with van der Waals surface area (Å²) in [5.41, 5.74) is 1.75. The Morgan fingerprint density at radius 3 is 2.50 bits per heavy atom. The van der Waals surface area contributed by atoms with Crippen LogP contribution in [0.4, 0.5) is 4.79 Å². The van der Waals surface area contributed by atoms with Gasteiger partial charge in [0.2, 0.25) is 5.91 Å². The molecule has 1 aliphatic heterocycles. The van der Waals surface area contributed by atoms with Gasteiger partial charge in [0, 0.05) is 18.0 Å². The predicted octanol–water partition coefficient (Wildman–Crippen LogP) is 3.49. The van der Waals surface area contributed by atoms with Crippen LogP contribution >= 0.6 is 23.4 Å². The number of carbonyl (C=O) groups excluding carboxylic acids is 3. The predicted molar refractivity (Wildman–Crippen MR) is 118 cm³/mol. The van der Waals surface area contributed by atoms with Crippen LogP contribution in [0.15, 0.2) is 59.5 Å². The Bertz CT molecular complexity index is 947. The van der Waals surface area contributed by atoms with Gasteiger partial charge in [-0.3, -0.25) is 19.3 Å². The molecule has 2 aromatic carbocycles. The summed E-state index contributed by atoms with van der Waals surface area (Å²) in [6.07, 6.45) is 2.09. The van der Waals surface area contributed by atoms with Crippen molar-refractivity contribution in [3.05, 3.63) is 75.7 Å². The highest BCUT2D eigenvalue weighted by Gasteiger charge is 2.35. The molecule has 1 saturated heterocycles. The van der Waals surface area contributed by atoms with E-state index in [9.17, 15) is 19.5 Å². The first-order valence-electron chi connectivity index (χ1n) is 9.41. The molecule has 0 saturated carbocycles. The average Bonchev–Trinajstić information content (AvgIpc) is 3.01. The highest BCUT2D eigenvalue weighted by molar-refractivity contribution is 8.18. The van der Waals surface area contributed by atoms with Crippen LogP contribution in [0.25, 0.3) is 6.08 Å². The minimum atomic E-state index is -0.431. The number of aliphatic hydroxyl groups is 1. The summed E-state index contributed by atoms with van der Waals surface area (Å²) in [4.78, 5) is 38.4. The van der Waals surface area contributed by atoms with E-state index in [0.29, 0.717) is 16.3 Å². The molecule has 1 aliphatic rings. The van der Waals surface area contributed by atoms with Gasteiger partial charge in [-0.25, -0.2) is 0 Å². The minimum absolute atomic E-state index is 0.0159. The molecule has 0 aliphatic carbocycles. The fraction of sp³-hybridized carbons (Fsp3) is 0.227. The maximum atomic E-state index is 12.5. The summed E-state index contributed by atoms with van der Waals surface area (Å²) in [5, 5.41) is 12.5. The smallest absolute Gasteiger partial charge is 0.293 e. The number of carbonyl (C=O) groups is 3. The summed E-state index contributed by atoms with van der Waals surface area (Å²) >= 11 is 6.70. The second-order valence-corrected chi connectivity index (χ2v) is 8.20. The quantitative estimate of drug-likeness (QED) is 0.608. The molecule has 0 spiro atoms. The van der Waals surface area contributed by atoms with E-state index in [1.54, 1.807) is 30.3 Å². The number of benzene rings is 2. The lowest BCUT2D eigenvalue weighted by atomic mass is 10.1. The maximum Gasteiger partial charge on any atom is 0.293 e. The largest absolute Gasteiger partial charge is 0.394 e. The van der Waals surface area contributed by atoms with Crippen LogP contribution in [-0.2, 0) is 16.0 Å². The Morgan fingerprint density at radius 2 is 1.83 bits per heavy atom. The fourth-order valence-electron chi connectivity index (χ4n) is 2.98. The average molecular weight is 445 g/mol. The lowest BCUT2D eigenvalue weighted by molar-refractivity contribution is -0.124. The van der Waals surface area contributed by atoms with Crippen LogP contribution in [-0.4, -0.2) is 46.3 Å². The number of hydrogen-bond acceptors (Lipinski definition) is 5. The zero-order valence-corrected chi connectivity index (χ0v) is 17.7. The number of halogens is 1. The van der Waals surface area contributed by atoms with Crippen molar-refractivity contribution in [3.63, 3.8) is 0 Å². The number of thioether (sulfide) groups is 1. The first kappa shape index (κ1) is 22.1. The van der Waals surface area contributed by atoms with E-state index in [2.05, 4.69) is 5.32 Å². The lowest BCUT2D eigenvalue weighted by Gasteiger charge is -2.18.